The average Bonchev–Trinajstić information content (AvgIpc) is 2.75. The normalized spacial score (nSPS) is 11.1. The van der Waals surface area contributed by atoms with Gasteiger partial charge in [-0.25, -0.2) is 4.98 Å². The Balaban J connectivity index is 1.82. The molecule has 0 radical (unpaired) electrons. The molecule has 0 amide bonds. The second kappa shape index (κ2) is 9.94. The number of nitrogens with zero attached hydrogens (tertiary/aromatic N) is 3. The van der Waals surface area contributed by atoms with Gasteiger partial charge in [-0.2, -0.15) is 23.4 Å². The fourth-order valence-corrected chi connectivity index (χ4v) is 3.01. The van der Waals surface area contributed by atoms with Crippen LogP contribution in [-0.2, 0) is 12.6 Å². The molecule has 0 fully saturated rings. The summed E-state index contributed by atoms with van der Waals surface area (Å²) in [6.45, 7) is 2.15. The molecule has 160 valence electrons. The first-order valence-corrected chi connectivity index (χ1v) is 9.96. The Morgan fingerprint density at radius 1 is 1.00 bits per heavy atom. The van der Waals surface area contributed by atoms with Crippen LogP contribution in [0.3, 0.4) is 0 Å². The second-order valence-corrected chi connectivity index (χ2v) is 7.05. The number of hydrogen-bond acceptors (Lipinski definition) is 5. The summed E-state index contributed by atoms with van der Waals surface area (Å²) in [5.41, 5.74) is 1.53. The first-order chi connectivity index (χ1) is 14.9. The Labute approximate surface area is 179 Å². The molecular weight excluding hydrogens is 403 g/mol. The van der Waals surface area contributed by atoms with Crippen molar-refractivity contribution in [3.63, 3.8) is 0 Å². The van der Waals surface area contributed by atoms with Gasteiger partial charge in [0, 0.05) is 17.6 Å². The lowest BCUT2D eigenvalue weighted by Gasteiger charge is -2.15. The van der Waals surface area contributed by atoms with E-state index in [2.05, 4.69) is 27.5 Å². The molecule has 3 rings (SSSR count). The van der Waals surface area contributed by atoms with Crippen LogP contribution in [0.1, 0.15) is 42.9 Å². The van der Waals surface area contributed by atoms with Gasteiger partial charge in [0.15, 0.2) is 0 Å². The average molecular weight is 425 g/mol. The lowest BCUT2D eigenvalue weighted by molar-refractivity contribution is -0.137. The van der Waals surface area contributed by atoms with Gasteiger partial charge in [-0.1, -0.05) is 38.0 Å². The van der Waals surface area contributed by atoms with Crippen molar-refractivity contribution >= 4 is 23.1 Å². The highest BCUT2D eigenvalue weighted by Crippen LogP contribution is 2.35. The molecule has 0 saturated carbocycles. The van der Waals surface area contributed by atoms with Crippen LogP contribution >= 0.6 is 0 Å². The standard InChI is InChI=1S/C23H22F3N5/c1-2-3-4-6-16-9-11-18(12-10-16)30-22-28-15-20(23(24,25)26)21(31-22)29-19-8-5-7-17(13-19)14-27/h5,7-13,15H,2-4,6H2,1H3,(H2,28,29,30,31). The fraction of sp³-hybridized carbons (Fsp3) is 0.261. The molecule has 0 atom stereocenters. The number of aromatic nitrogens is 2. The van der Waals surface area contributed by atoms with E-state index in [1.807, 2.05) is 30.3 Å². The van der Waals surface area contributed by atoms with E-state index in [0.717, 1.165) is 25.5 Å². The van der Waals surface area contributed by atoms with Crippen molar-refractivity contribution < 1.29 is 13.2 Å². The molecule has 5 nitrogen and oxygen atoms in total. The van der Waals surface area contributed by atoms with E-state index in [9.17, 15) is 13.2 Å². The summed E-state index contributed by atoms with van der Waals surface area (Å²) in [4.78, 5) is 7.86. The molecule has 1 heterocycles. The Bertz CT molecular complexity index is 1060. The van der Waals surface area contributed by atoms with Crippen LogP contribution in [0.2, 0.25) is 0 Å². The summed E-state index contributed by atoms with van der Waals surface area (Å²) >= 11 is 0. The van der Waals surface area contributed by atoms with E-state index in [1.54, 1.807) is 18.2 Å². The molecule has 3 aromatic rings. The van der Waals surface area contributed by atoms with Crippen LogP contribution in [0.25, 0.3) is 0 Å². The van der Waals surface area contributed by atoms with Crippen molar-refractivity contribution in [1.29, 1.82) is 5.26 Å². The van der Waals surface area contributed by atoms with Gasteiger partial charge in [-0.15, -0.1) is 0 Å². The molecule has 0 bridgehead atoms. The zero-order valence-electron chi connectivity index (χ0n) is 17.0. The van der Waals surface area contributed by atoms with Gasteiger partial charge in [0.05, 0.1) is 11.6 Å². The van der Waals surface area contributed by atoms with Crippen LogP contribution < -0.4 is 10.6 Å². The van der Waals surface area contributed by atoms with Crippen molar-refractivity contribution in [2.75, 3.05) is 10.6 Å². The minimum Gasteiger partial charge on any atom is -0.340 e. The van der Waals surface area contributed by atoms with Gasteiger partial charge in [0.2, 0.25) is 5.95 Å². The number of aryl methyl sites for hydroxylation is 1. The van der Waals surface area contributed by atoms with Gasteiger partial charge in [0.1, 0.15) is 11.4 Å². The van der Waals surface area contributed by atoms with E-state index < -0.39 is 17.6 Å². The number of halogens is 3. The van der Waals surface area contributed by atoms with Crippen molar-refractivity contribution in [3.05, 3.63) is 71.4 Å². The zero-order chi connectivity index (χ0) is 22.3. The predicted molar refractivity (Wildman–Crippen MR) is 114 cm³/mol. The highest BCUT2D eigenvalue weighted by atomic mass is 19.4. The van der Waals surface area contributed by atoms with Gasteiger partial charge in [-0.05, 0) is 48.7 Å². The SMILES string of the molecule is CCCCCc1ccc(Nc2ncc(C(F)(F)F)c(Nc3cccc(C#N)c3)n2)cc1. The lowest BCUT2D eigenvalue weighted by Crippen LogP contribution is -2.12. The smallest absolute Gasteiger partial charge is 0.340 e. The van der Waals surface area contributed by atoms with E-state index in [0.29, 0.717) is 16.9 Å². The van der Waals surface area contributed by atoms with Crippen molar-refractivity contribution in [1.82, 2.24) is 9.97 Å². The summed E-state index contributed by atoms with van der Waals surface area (Å²) in [6, 6.07) is 15.8. The number of alkyl halides is 3. The Kier molecular flexibility index (Phi) is 7.08. The number of anilines is 4. The van der Waals surface area contributed by atoms with E-state index >= 15 is 0 Å². The largest absolute Gasteiger partial charge is 0.421 e. The summed E-state index contributed by atoms with van der Waals surface area (Å²) in [7, 11) is 0. The maximum atomic E-state index is 13.4. The van der Waals surface area contributed by atoms with Crippen molar-refractivity contribution in [2.24, 2.45) is 0 Å². The summed E-state index contributed by atoms with van der Waals surface area (Å²) in [5, 5.41) is 14.6. The van der Waals surface area contributed by atoms with Crippen LogP contribution in [-0.4, -0.2) is 9.97 Å². The minimum atomic E-state index is -4.63. The molecule has 0 unspecified atom stereocenters. The van der Waals surface area contributed by atoms with Gasteiger partial charge >= 0.3 is 6.18 Å². The molecule has 2 N–H and O–H groups in total. The Morgan fingerprint density at radius 3 is 2.45 bits per heavy atom. The van der Waals surface area contributed by atoms with Crippen LogP contribution in [0.15, 0.2) is 54.7 Å². The molecule has 31 heavy (non-hydrogen) atoms. The third-order valence-electron chi connectivity index (χ3n) is 4.63. The molecule has 0 aliphatic heterocycles. The van der Waals surface area contributed by atoms with E-state index in [1.165, 1.54) is 18.1 Å². The number of nitriles is 1. The first-order valence-electron chi connectivity index (χ1n) is 9.96. The quantitative estimate of drug-likeness (QED) is 0.399. The maximum Gasteiger partial charge on any atom is 0.421 e. The summed E-state index contributed by atoms with van der Waals surface area (Å²) < 4.78 is 40.3. The van der Waals surface area contributed by atoms with Crippen molar-refractivity contribution in [3.8, 4) is 6.07 Å². The molecular formula is C23H22F3N5. The predicted octanol–water partition coefficient (Wildman–Crippen LogP) is 6.59. The zero-order valence-corrected chi connectivity index (χ0v) is 17.0. The Morgan fingerprint density at radius 2 is 1.77 bits per heavy atom. The molecule has 0 spiro atoms. The molecule has 1 aromatic heterocycles. The number of benzene rings is 2. The fourth-order valence-electron chi connectivity index (χ4n) is 3.01. The van der Waals surface area contributed by atoms with E-state index in [4.69, 9.17) is 5.26 Å². The van der Waals surface area contributed by atoms with Crippen molar-refractivity contribution in [2.45, 2.75) is 38.8 Å². The first kappa shape index (κ1) is 22.1. The van der Waals surface area contributed by atoms with Crippen LogP contribution in [0.4, 0.5) is 36.3 Å². The summed E-state index contributed by atoms with van der Waals surface area (Å²) in [5.74, 6) is -0.359. The molecule has 2 aromatic carbocycles. The number of nitrogens with one attached hydrogen (secondary N) is 2. The molecule has 0 aliphatic carbocycles. The summed E-state index contributed by atoms with van der Waals surface area (Å²) in [6.07, 6.45) is 0.543. The number of rotatable bonds is 8. The Hall–Kier alpha value is -3.60. The molecule has 0 aliphatic rings. The molecule has 0 saturated heterocycles. The van der Waals surface area contributed by atoms with Crippen LogP contribution in [0.5, 0.6) is 0 Å². The van der Waals surface area contributed by atoms with Crippen LogP contribution in [0, 0.1) is 11.3 Å². The lowest BCUT2D eigenvalue weighted by atomic mass is 10.1. The highest BCUT2D eigenvalue weighted by molar-refractivity contribution is 5.64. The van der Waals surface area contributed by atoms with Gasteiger partial charge in [0.25, 0.3) is 0 Å². The topological polar surface area (TPSA) is 73.6 Å². The maximum absolute atomic E-state index is 13.4. The third kappa shape index (κ3) is 6.19. The highest BCUT2D eigenvalue weighted by Gasteiger charge is 2.35. The monoisotopic (exact) mass is 425 g/mol. The third-order valence-corrected chi connectivity index (χ3v) is 4.63. The number of hydrogen-bond donors (Lipinski definition) is 2. The second-order valence-electron chi connectivity index (χ2n) is 7.05. The van der Waals surface area contributed by atoms with Gasteiger partial charge < -0.3 is 10.6 Å². The van der Waals surface area contributed by atoms with Gasteiger partial charge in [-0.3, -0.25) is 0 Å². The number of unbranched alkanes of at least 4 members (excludes halogenated alkanes) is 2. The molecule has 8 heteroatoms. The van der Waals surface area contributed by atoms with E-state index in [-0.39, 0.29) is 5.95 Å². The minimum absolute atomic E-state index is 0.0330.